The smallest absolute Gasteiger partial charge is 0.255 e. The van der Waals surface area contributed by atoms with E-state index in [0.29, 0.717) is 30.9 Å². The fourth-order valence-electron chi connectivity index (χ4n) is 5.06. The highest BCUT2D eigenvalue weighted by atomic mass is 16.5. The fraction of sp³-hybridized carbons (Fsp3) is 0.550. The minimum Gasteiger partial charge on any atom is -0.496 e. The van der Waals surface area contributed by atoms with Gasteiger partial charge in [0.25, 0.3) is 5.91 Å². The number of fused-ring (bicyclic) bond motifs is 4. The van der Waals surface area contributed by atoms with Crippen molar-refractivity contribution < 1.29 is 23.9 Å². The summed E-state index contributed by atoms with van der Waals surface area (Å²) in [7, 11) is 1.62. The molecule has 8 nitrogen and oxygen atoms in total. The van der Waals surface area contributed by atoms with E-state index in [2.05, 4.69) is 10.6 Å². The topological polar surface area (TPSA) is 97.0 Å². The Balaban J connectivity index is 1.55. The summed E-state index contributed by atoms with van der Waals surface area (Å²) < 4.78 is 11.8. The van der Waals surface area contributed by atoms with Gasteiger partial charge < -0.3 is 19.7 Å². The standard InChI is InChI=1S/C20H23N3O5/c1-27-14-8-11-12(17-16(14)20(10-28-17)4-6-21-7-5-20)9-23(19(11)26)13-2-3-15(24)22-18(13)25/h8,13,21H,2-7,9-10H2,1H3,(H,22,24,25)/t13-/m0/s1. The Labute approximate surface area is 162 Å². The summed E-state index contributed by atoms with van der Waals surface area (Å²) in [4.78, 5) is 38.4. The molecule has 1 aromatic carbocycles. The maximum absolute atomic E-state index is 13.1. The van der Waals surface area contributed by atoms with E-state index >= 15 is 0 Å². The van der Waals surface area contributed by atoms with E-state index in [1.54, 1.807) is 18.1 Å². The zero-order valence-corrected chi connectivity index (χ0v) is 15.8. The van der Waals surface area contributed by atoms with Crippen molar-refractivity contribution >= 4 is 17.7 Å². The van der Waals surface area contributed by atoms with Crippen LogP contribution in [0.15, 0.2) is 6.07 Å². The summed E-state index contributed by atoms with van der Waals surface area (Å²) in [5.74, 6) is 0.535. The lowest BCUT2D eigenvalue weighted by molar-refractivity contribution is -0.136. The molecular formula is C20H23N3O5. The number of nitrogens with zero attached hydrogens (tertiary/aromatic N) is 1. The molecule has 0 radical (unpaired) electrons. The molecule has 4 aliphatic heterocycles. The Morgan fingerprint density at radius 2 is 2.04 bits per heavy atom. The first-order valence-electron chi connectivity index (χ1n) is 9.76. The third-order valence-corrected chi connectivity index (χ3v) is 6.56. The van der Waals surface area contributed by atoms with E-state index in [4.69, 9.17) is 9.47 Å². The van der Waals surface area contributed by atoms with Gasteiger partial charge in [0, 0.05) is 23.0 Å². The highest BCUT2D eigenvalue weighted by Gasteiger charge is 2.49. The lowest BCUT2D eigenvalue weighted by Gasteiger charge is -2.33. The van der Waals surface area contributed by atoms with Gasteiger partial charge in [-0.3, -0.25) is 19.7 Å². The summed E-state index contributed by atoms with van der Waals surface area (Å²) in [6, 6.07) is 1.18. The van der Waals surface area contributed by atoms with Crippen molar-refractivity contribution in [3.63, 3.8) is 0 Å². The predicted octanol–water partition coefficient (Wildman–Crippen LogP) is 0.470. The van der Waals surface area contributed by atoms with Crippen LogP contribution in [0.5, 0.6) is 11.5 Å². The second-order valence-corrected chi connectivity index (χ2v) is 8.03. The van der Waals surface area contributed by atoms with Crippen LogP contribution >= 0.6 is 0 Å². The number of ether oxygens (including phenoxy) is 2. The number of nitrogens with one attached hydrogen (secondary N) is 2. The highest BCUT2D eigenvalue weighted by molar-refractivity contribution is 6.06. The monoisotopic (exact) mass is 385 g/mol. The number of imide groups is 1. The van der Waals surface area contributed by atoms with Crippen LogP contribution in [-0.4, -0.2) is 55.5 Å². The van der Waals surface area contributed by atoms with Crippen molar-refractivity contribution in [3.8, 4) is 11.5 Å². The number of carbonyl (C=O) groups excluding carboxylic acids is 3. The zero-order valence-electron chi connectivity index (χ0n) is 15.8. The normalized spacial score (nSPS) is 25.4. The number of hydrogen-bond acceptors (Lipinski definition) is 6. The SMILES string of the molecule is COc1cc2c(c3c1C1(CCNCC1)CO3)CN([C@H]1CCC(=O)NC1=O)C2=O. The first kappa shape index (κ1) is 17.5. The molecule has 0 saturated carbocycles. The zero-order chi connectivity index (χ0) is 19.5. The van der Waals surface area contributed by atoms with Crippen molar-refractivity contribution in [1.29, 1.82) is 0 Å². The minimum atomic E-state index is -0.631. The number of benzene rings is 1. The van der Waals surface area contributed by atoms with Crippen molar-refractivity contribution in [1.82, 2.24) is 15.5 Å². The number of rotatable bonds is 2. The molecule has 3 amide bonds. The third kappa shape index (κ3) is 2.37. The van der Waals surface area contributed by atoms with Crippen molar-refractivity contribution in [2.75, 3.05) is 26.8 Å². The second kappa shape index (κ2) is 6.20. The first-order valence-corrected chi connectivity index (χ1v) is 9.76. The van der Waals surface area contributed by atoms with Crippen LogP contribution < -0.4 is 20.1 Å². The molecule has 5 rings (SSSR count). The molecule has 0 aromatic heterocycles. The molecule has 8 heteroatoms. The Morgan fingerprint density at radius 1 is 1.25 bits per heavy atom. The molecule has 0 bridgehead atoms. The quantitative estimate of drug-likeness (QED) is 0.719. The Bertz CT molecular complexity index is 890. The fourth-order valence-corrected chi connectivity index (χ4v) is 5.06. The number of hydrogen-bond donors (Lipinski definition) is 2. The van der Waals surface area contributed by atoms with Crippen LogP contribution in [0.2, 0.25) is 0 Å². The number of piperidine rings is 2. The van der Waals surface area contributed by atoms with Crippen molar-refractivity contribution in [2.24, 2.45) is 0 Å². The van der Waals surface area contributed by atoms with E-state index in [-0.39, 0.29) is 23.7 Å². The van der Waals surface area contributed by atoms with Crippen LogP contribution in [0.25, 0.3) is 0 Å². The van der Waals surface area contributed by atoms with Gasteiger partial charge >= 0.3 is 0 Å². The molecule has 4 heterocycles. The predicted molar refractivity (Wildman–Crippen MR) is 98.3 cm³/mol. The molecule has 148 valence electrons. The lowest BCUT2D eigenvalue weighted by Crippen LogP contribution is -2.52. The Kier molecular flexibility index (Phi) is 3.87. The van der Waals surface area contributed by atoms with E-state index in [9.17, 15) is 14.4 Å². The van der Waals surface area contributed by atoms with E-state index < -0.39 is 11.9 Å². The molecular weight excluding hydrogens is 362 g/mol. The van der Waals surface area contributed by atoms with Gasteiger partial charge in [0.2, 0.25) is 11.8 Å². The largest absolute Gasteiger partial charge is 0.496 e. The van der Waals surface area contributed by atoms with Crippen LogP contribution in [-0.2, 0) is 21.5 Å². The van der Waals surface area contributed by atoms with Gasteiger partial charge in [-0.1, -0.05) is 0 Å². The average molecular weight is 385 g/mol. The molecule has 2 fully saturated rings. The van der Waals surface area contributed by atoms with Gasteiger partial charge in [0.1, 0.15) is 17.5 Å². The maximum atomic E-state index is 13.1. The van der Waals surface area contributed by atoms with E-state index in [1.807, 2.05) is 0 Å². The maximum Gasteiger partial charge on any atom is 0.255 e. The number of methoxy groups -OCH3 is 1. The van der Waals surface area contributed by atoms with E-state index in [0.717, 1.165) is 42.8 Å². The summed E-state index contributed by atoms with van der Waals surface area (Å²) in [6.07, 6.45) is 2.50. The van der Waals surface area contributed by atoms with Gasteiger partial charge in [-0.2, -0.15) is 0 Å². The van der Waals surface area contributed by atoms with Crippen LogP contribution in [0.3, 0.4) is 0 Å². The van der Waals surface area contributed by atoms with Crippen LogP contribution in [0.1, 0.15) is 47.2 Å². The van der Waals surface area contributed by atoms with Gasteiger partial charge in [0.05, 0.1) is 25.8 Å². The highest BCUT2D eigenvalue weighted by Crippen LogP contribution is 2.53. The molecule has 2 N–H and O–H groups in total. The third-order valence-electron chi connectivity index (χ3n) is 6.56. The number of carbonyl (C=O) groups is 3. The molecule has 1 spiro atoms. The Hall–Kier alpha value is -2.61. The van der Waals surface area contributed by atoms with Crippen molar-refractivity contribution in [2.45, 2.75) is 43.7 Å². The van der Waals surface area contributed by atoms with Gasteiger partial charge in [-0.05, 0) is 38.4 Å². The summed E-state index contributed by atoms with van der Waals surface area (Å²) in [5.41, 5.74) is 2.34. The molecule has 0 aliphatic carbocycles. The second-order valence-electron chi connectivity index (χ2n) is 8.03. The van der Waals surface area contributed by atoms with Crippen LogP contribution in [0, 0.1) is 0 Å². The lowest BCUT2D eigenvalue weighted by atomic mass is 9.74. The van der Waals surface area contributed by atoms with Gasteiger partial charge in [-0.15, -0.1) is 0 Å². The molecule has 1 aromatic rings. The first-order chi connectivity index (χ1) is 13.5. The van der Waals surface area contributed by atoms with Gasteiger partial charge in [-0.25, -0.2) is 0 Å². The molecule has 0 unspecified atom stereocenters. The van der Waals surface area contributed by atoms with Crippen molar-refractivity contribution in [3.05, 3.63) is 22.8 Å². The summed E-state index contributed by atoms with van der Waals surface area (Å²) >= 11 is 0. The van der Waals surface area contributed by atoms with Gasteiger partial charge in [0.15, 0.2) is 0 Å². The summed E-state index contributed by atoms with van der Waals surface area (Å²) in [5, 5.41) is 5.73. The van der Waals surface area contributed by atoms with E-state index in [1.165, 1.54) is 0 Å². The Morgan fingerprint density at radius 3 is 2.75 bits per heavy atom. The molecule has 28 heavy (non-hydrogen) atoms. The number of amides is 3. The summed E-state index contributed by atoms with van der Waals surface area (Å²) in [6.45, 7) is 2.75. The minimum absolute atomic E-state index is 0.0912. The molecule has 4 aliphatic rings. The average Bonchev–Trinajstić information content (AvgIpc) is 3.21. The molecule has 1 atom stereocenters. The van der Waals surface area contributed by atoms with Crippen LogP contribution in [0.4, 0.5) is 0 Å². The molecule has 2 saturated heterocycles.